The van der Waals surface area contributed by atoms with Crippen molar-refractivity contribution in [3.8, 4) is 11.4 Å². The van der Waals surface area contributed by atoms with Crippen molar-refractivity contribution in [3.63, 3.8) is 0 Å². The summed E-state index contributed by atoms with van der Waals surface area (Å²) in [6.07, 6.45) is 2.58. The molecule has 150 valence electrons. The molecule has 0 aliphatic carbocycles. The fourth-order valence-electron chi connectivity index (χ4n) is 3.07. The average Bonchev–Trinajstić information content (AvgIpc) is 3.00. The van der Waals surface area contributed by atoms with Gasteiger partial charge in [-0.3, -0.25) is 4.79 Å². The summed E-state index contributed by atoms with van der Waals surface area (Å²) in [6.45, 7) is 6.71. The van der Waals surface area contributed by atoms with E-state index in [2.05, 4.69) is 15.1 Å². The molecule has 0 spiro atoms. The summed E-state index contributed by atoms with van der Waals surface area (Å²) in [5, 5.41) is 4.80. The van der Waals surface area contributed by atoms with Gasteiger partial charge in [0, 0.05) is 22.5 Å². The van der Waals surface area contributed by atoms with Gasteiger partial charge in [0.25, 0.3) is 5.91 Å². The fourth-order valence-corrected chi connectivity index (χ4v) is 3.29. The lowest BCUT2D eigenvalue weighted by Crippen LogP contribution is -2.17. The largest absolute Gasteiger partial charge is 0.494 e. The van der Waals surface area contributed by atoms with E-state index in [0.717, 1.165) is 34.8 Å². The van der Waals surface area contributed by atoms with Gasteiger partial charge in [-0.05, 0) is 62.7 Å². The number of halogens is 1. The molecule has 1 heterocycles. The Balaban J connectivity index is 1.70. The molecule has 3 rings (SSSR count). The molecule has 0 saturated heterocycles. The number of rotatable bonds is 7. The zero-order chi connectivity index (χ0) is 20.8. The van der Waals surface area contributed by atoms with E-state index in [1.54, 1.807) is 30.5 Å². The van der Waals surface area contributed by atoms with E-state index in [1.165, 1.54) is 0 Å². The number of aryl methyl sites for hydroxylation is 1. The zero-order valence-corrected chi connectivity index (χ0v) is 17.5. The van der Waals surface area contributed by atoms with E-state index in [0.29, 0.717) is 17.2 Å². The SMILES string of the molecule is CCCOc1ccc(C(=O)N/N=C/c2cc(C)n(-c3ccccc3Cl)c2C)cc1. The normalized spacial score (nSPS) is 11.0. The smallest absolute Gasteiger partial charge is 0.271 e. The summed E-state index contributed by atoms with van der Waals surface area (Å²) in [5.74, 6) is 0.474. The van der Waals surface area contributed by atoms with Gasteiger partial charge in [-0.2, -0.15) is 5.10 Å². The summed E-state index contributed by atoms with van der Waals surface area (Å²) in [6, 6.07) is 16.7. The number of hydrogen-bond acceptors (Lipinski definition) is 3. The standard InChI is InChI=1S/C23H24ClN3O2/c1-4-13-29-20-11-9-18(10-12-20)23(28)26-25-15-19-14-16(2)27(17(19)3)22-8-6-5-7-21(22)24/h5-12,14-15H,4,13H2,1-3H3,(H,26,28)/b25-15+. The Morgan fingerprint density at radius 1 is 1.17 bits per heavy atom. The Morgan fingerprint density at radius 2 is 1.90 bits per heavy atom. The van der Waals surface area contributed by atoms with Crippen molar-refractivity contribution in [3.05, 3.63) is 82.1 Å². The van der Waals surface area contributed by atoms with Crippen LogP contribution in [0.1, 0.15) is 40.7 Å². The quantitative estimate of drug-likeness (QED) is 0.425. The van der Waals surface area contributed by atoms with Gasteiger partial charge in [0.1, 0.15) is 5.75 Å². The number of benzene rings is 2. The number of carbonyl (C=O) groups excluding carboxylic acids is 1. The Bertz CT molecular complexity index is 1020. The van der Waals surface area contributed by atoms with Crippen LogP contribution in [0, 0.1) is 13.8 Å². The number of nitrogens with one attached hydrogen (secondary N) is 1. The van der Waals surface area contributed by atoms with Crippen LogP contribution in [0.4, 0.5) is 0 Å². The van der Waals surface area contributed by atoms with E-state index >= 15 is 0 Å². The first kappa shape index (κ1) is 20.7. The molecule has 6 heteroatoms. The highest BCUT2D eigenvalue weighted by Gasteiger charge is 2.12. The Hall–Kier alpha value is -3.05. The molecule has 0 bridgehead atoms. The molecule has 3 aromatic rings. The molecular weight excluding hydrogens is 386 g/mol. The second-order valence-corrected chi connectivity index (χ2v) is 7.09. The zero-order valence-electron chi connectivity index (χ0n) is 16.8. The van der Waals surface area contributed by atoms with E-state index in [4.69, 9.17) is 16.3 Å². The highest BCUT2D eigenvalue weighted by Crippen LogP contribution is 2.25. The number of para-hydroxylation sites is 1. The van der Waals surface area contributed by atoms with E-state index in [1.807, 2.05) is 51.1 Å². The number of aromatic nitrogens is 1. The third kappa shape index (κ3) is 4.87. The first-order chi connectivity index (χ1) is 14.0. The number of carbonyl (C=O) groups is 1. The predicted molar refractivity (Wildman–Crippen MR) is 118 cm³/mol. The maximum Gasteiger partial charge on any atom is 0.271 e. The molecule has 0 aliphatic heterocycles. The van der Waals surface area contributed by atoms with Gasteiger partial charge < -0.3 is 9.30 Å². The van der Waals surface area contributed by atoms with Gasteiger partial charge in [0.15, 0.2) is 0 Å². The minimum absolute atomic E-state index is 0.275. The van der Waals surface area contributed by atoms with E-state index in [-0.39, 0.29) is 5.91 Å². The molecule has 0 unspecified atom stereocenters. The van der Waals surface area contributed by atoms with Crippen LogP contribution in [-0.4, -0.2) is 23.3 Å². The second-order valence-electron chi connectivity index (χ2n) is 6.69. The van der Waals surface area contributed by atoms with Gasteiger partial charge in [0.05, 0.1) is 23.5 Å². The minimum Gasteiger partial charge on any atom is -0.494 e. The van der Waals surface area contributed by atoms with Crippen LogP contribution in [-0.2, 0) is 0 Å². The number of hydrogen-bond donors (Lipinski definition) is 1. The topological polar surface area (TPSA) is 55.6 Å². The van der Waals surface area contributed by atoms with Crippen molar-refractivity contribution in [2.24, 2.45) is 5.10 Å². The first-order valence-electron chi connectivity index (χ1n) is 9.51. The molecule has 0 atom stereocenters. The molecule has 0 radical (unpaired) electrons. The van der Waals surface area contributed by atoms with Crippen molar-refractivity contribution in [2.75, 3.05) is 6.61 Å². The summed E-state index contributed by atoms with van der Waals surface area (Å²) in [7, 11) is 0. The third-order valence-electron chi connectivity index (χ3n) is 4.52. The fraction of sp³-hybridized carbons (Fsp3) is 0.217. The van der Waals surface area contributed by atoms with Crippen LogP contribution in [0.2, 0.25) is 5.02 Å². The summed E-state index contributed by atoms with van der Waals surface area (Å²) in [4.78, 5) is 12.3. The predicted octanol–water partition coefficient (Wildman–Crippen LogP) is 5.30. The first-order valence-corrected chi connectivity index (χ1v) is 9.89. The van der Waals surface area contributed by atoms with Gasteiger partial charge in [-0.15, -0.1) is 0 Å². The van der Waals surface area contributed by atoms with Gasteiger partial charge >= 0.3 is 0 Å². The number of amides is 1. The van der Waals surface area contributed by atoms with Gasteiger partial charge in [0.2, 0.25) is 0 Å². The van der Waals surface area contributed by atoms with Gasteiger partial charge in [-0.25, -0.2) is 5.43 Å². The lowest BCUT2D eigenvalue weighted by Gasteiger charge is -2.11. The second kappa shape index (κ2) is 9.43. The number of nitrogens with zero attached hydrogens (tertiary/aromatic N) is 2. The highest BCUT2D eigenvalue weighted by atomic mass is 35.5. The van der Waals surface area contributed by atoms with E-state index < -0.39 is 0 Å². The molecule has 0 saturated carbocycles. The number of ether oxygens (including phenoxy) is 1. The summed E-state index contributed by atoms with van der Waals surface area (Å²) in [5.41, 5.74) is 6.94. The molecule has 0 aliphatic rings. The van der Waals surface area contributed by atoms with Crippen molar-refractivity contribution >= 4 is 23.7 Å². The van der Waals surface area contributed by atoms with Crippen LogP contribution >= 0.6 is 11.6 Å². The minimum atomic E-state index is -0.275. The van der Waals surface area contributed by atoms with Crippen molar-refractivity contribution in [2.45, 2.75) is 27.2 Å². The number of hydrazone groups is 1. The molecule has 1 amide bonds. The average molecular weight is 410 g/mol. The Kier molecular flexibility index (Phi) is 6.73. The van der Waals surface area contributed by atoms with Crippen LogP contribution in [0.5, 0.6) is 5.75 Å². The Labute approximate surface area is 176 Å². The molecule has 1 aromatic heterocycles. The molecule has 0 fully saturated rings. The van der Waals surface area contributed by atoms with Crippen LogP contribution in [0.25, 0.3) is 5.69 Å². The molecule has 5 nitrogen and oxygen atoms in total. The lowest BCUT2D eigenvalue weighted by atomic mass is 10.2. The van der Waals surface area contributed by atoms with Crippen molar-refractivity contribution in [1.82, 2.24) is 9.99 Å². The Morgan fingerprint density at radius 3 is 2.59 bits per heavy atom. The summed E-state index contributed by atoms with van der Waals surface area (Å²) >= 11 is 6.34. The molecular formula is C23H24ClN3O2. The summed E-state index contributed by atoms with van der Waals surface area (Å²) < 4.78 is 7.60. The molecule has 1 N–H and O–H groups in total. The van der Waals surface area contributed by atoms with Crippen molar-refractivity contribution in [1.29, 1.82) is 0 Å². The maximum atomic E-state index is 12.3. The molecule has 2 aromatic carbocycles. The lowest BCUT2D eigenvalue weighted by molar-refractivity contribution is 0.0955. The third-order valence-corrected chi connectivity index (χ3v) is 4.84. The van der Waals surface area contributed by atoms with Crippen LogP contribution in [0.3, 0.4) is 0 Å². The monoisotopic (exact) mass is 409 g/mol. The van der Waals surface area contributed by atoms with Crippen LogP contribution < -0.4 is 10.2 Å². The highest BCUT2D eigenvalue weighted by molar-refractivity contribution is 6.32. The van der Waals surface area contributed by atoms with Gasteiger partial charge in [-0.1, -0.05) is 30.7 Å². The molecule has 29 heavy (non-hydrogen) atoms. The van der Waals surface area contributed by atoms with Crippen LogP contribution in [0.15, 0.2) is 59.7 Å². The maximum absolute atomic E-state index is 12.3. The van der Waals surface area contributed by atoms with Crippen molar-refractivity contribution < 1.29 is 9.53 Å². The van der Waals surface area contributed by atoms with E-state index in [9.17, 15) is 4.79 Å².